The van der Waals surface area contributed by atoms with Gasteiger partial charge in [0, 0.05) is 24.4 Å². The zero-order valence-electron chi connectivity index (χ0n) is 17.5. The fourth-order valence-corrected chi connectivity index (χ4v) is 3.36. The number of hydrogen-bond donors (Lipinski definition) is 1. The maximum atomic E-state index is 14.1. The van der Waals surface area contributed by atoms with E-state index in [0.717, 1.165) is 5.56 Å². The van der Waals surface area contributed by atoms with E-state index in [0.29, 0.717) is 41.5 Å². The number of carbonyl (C=O) groups excluding carboxylic acids is 1. The lowest BCUT2D eigenvalue weighted by molar-refractivity contribution is 0.235. The van der Waals surface area contributed by atoms with Gasteiger partial charge in [-0.15, -0.1) is 0 Å². The molecule has 8 heteroatoms. The van der Waals surface area contributed by atoms with Gasteiger partial charge in [-0.05, 0) is 26.0 Å². The van der Waals surface area contributed by atoms with E-state index in [2.05, 4.69) is 27.2 Å². The summed E-state index contributed by atoms with van der Waals surface area (Å²) in [7, 11) is 1.83. The van der Waals surface area contributed by atoms with E-state index in [1.54, 1.807) is 47.0 Å². The Hall–Kier alpha value is -3.86. The van der Waals surface area contributed by atoms with Gasteiger partial charge in [0.15, 0.2) is 0 Å². The molecule has 0 fully saturated rings. The van der Waals surface area contributed by atoms with Crippen molar-refractivity contribution in [1.29, 1.82) is 0 Å². The van der Waals surface area contributed by atoms with Gasteiger partial charge in [0.25, 0.3) is 0 Å². The summed E-state index contributed by atoms with van der Waals surface area (Å²) in [6, 6.07) is 7.35. The molecule has 7 nitrogen and oxygen atoms in total. The van der Waals surface area contributed by atoms with Crippen LogP contribution in [-0.4, -0.2) is 33.9 Å². The van der Waals surface area contributed by atoms with E-state index in [-0.39, 0.29) is 11.8 Å². The van der Waals surface area contributed by atoms with Crippen molar-refractivity contribution in [3.05, 3.63) is 70.9 Å². The van der Waals surface area contributed by atoms with Crippen LogP contribution < -0.4 is 15.0 Å². The van der Waals surface area contributed by atoms with Crippen molar-refractivity contribution in [3.63, 3.8) is 0 Å². The first-order chi connectivity index (χ1) is 14.9. The molecular weight excluding hydrogens is 397 g/mol. The van der Waals surface area contributed by atoms with Crippen LogP contribution in [0, 0.1) is 24.6 Å². The molecule has 1 aliphatic heterocycles. The van der Waals surface area contributed by atoms with Crippen molar-refractivity contribution in [3.8, 4) is 17.7 Å². The number of aryl methyl sites for hydroxylation is 2. The molecule has 0 bridgehead atoms. The predicted molar refractivity (Wildman–Crippen MR) is 114 cm³/mol. The Morgan fingerprint density at radius 1 is 1.32 bits per heavy atom. The van der Waals surface area contributed by atoms with Crippen molar-refractivity contribution in [2.24, 2.45) is 7.05 Å². The van der Waals surface area contributed by atoms with Crippen LogP contribution in [0.25, 0.3) is 0 Å². The number of anilines is 1. The van der Waals surface area contributed by atoms with Gasteiger partial charge in [0.05, 0.1) is 30.0 Å². The summed E-state index contributed by atoms with van der Waals surface area (Å²) in [6.07, 6.45) is 3.50. The van der Waals surface area contributed by atoms with Crippen molar-refractivity contribution >= 4 is 11.7 Å². The number of hydrogen-bond acceptors (Lipinski definition) is 4. The Kier molecular flexibility index (Phi) is 5.58. The van der Waals surface area contributed by atoms with E-state index in [1.807, 2.05) is 20.2 Å². The normalized spacial score (nSPS) is 13.5. The highest BCUT2D eigenvalue weighted by atomic mass is 19.1. The van der Waals surface area contributed by atoms with Crippen LogP contribution in [0.1, 0.15) is 35.3 Å². The second-order valence-corrected chi connectivity index (χ2v) is 7.29. The number of benzene rings is 1. The minimum absolute atomic E-state index is 0.321. The summed E-state index contributed by atoms with van der Waals surface area (Å²) >= 11 is 0. The Labute approximate surface area is 179 Å². The highest BCUT2D eigenvalue weighted by Crippen LogP contribution is 2.32. The summed E-state index contributed by atoms with van der Waals surface area (Å²) < 4.78 is 21.4. The van der Waals surface area contributed by atoms with Gasteiger partial charge in [-0.25, -0.2) is 14.2 Å². The van der Waals surface area contributed by atoms with Crippen LogP contribution in [0.2, 0.25) is 0 Å². The maximum Gasteiger partial charge on any atom is 0.322 e. The molecule has 1 atom stereocenters. The summed E-state index contributed by atoms with van der Waals surface area (Å²) in [4.78, 5) is 19.0. The standard InChI is InChI=1S/C23H22FN5O2/c1-15-18(9-8-17-13-25-28(3)14-17)12-21-22(26-15)31-11-10-29(21)23(30)27-16(2)19-6-4-5-7-20(19)24/h4-7,12-14,16H,10-11H2,1-3H3,(H,27,30)/t16-/m0/s1. The number of halogens is 1. The predicted octanol–water partition coefficient (Wildman–Crippen LogP) is 3.33. The smallest absolute Gasteiger partial charge is 0.322 e. The number of ether oxygens (including phenoxy) is 1. The van der Waals surface area contributed by atoms with Crippen LogP contribution in [-0.2, 0) is 7.05 Å². The Balaban J connectivity index is 1.60. The van der Waals surface area contributed by atoms with Gasteiger partial charge in [-0.1, -0.05) is 30.0 Å². The fraction of sp³-hybridized carbons (Fsp3) is 0.261. The molecule has 0 radical (unpaired) electrons. The number of amides is 2. The summed E-state index contributed by atoms with van der Waals surface area (Å²) in [6.45, 7) is 4.26. The number of aromatic nitrogens is 3. The molecule has 4 rings (SSSR count). The first kappa shape index (κ1) is 20.4. The molecule has 0 saturated heterocycles. The largest absolute Gasteiger partial charge is 0.474 e. The van der Waals surface area contributed by atoms with Gasteiger partial charge < -0.3 is 10.1 Å². The highest BCUT2D eigenvalue weighted by molar-refractivity contribution is 5.94. The van der Waals surface area contributed by atoms with Gasteiger partial charge >= 0.3 is 6.03 Å². The number of nitrogens with one attached hydrogen (secondary N) is 1. The molecule has 158 valence electrons. The Morgan fingerprint density at radius 2 is 2.13 bits per heavy atom. The second kappa shape index (κ2) is 8.48. The molecule has 31 heavy (non-hydrogen) atoms. The summed E-state index contributed by atoms with van der Waals surface area (Å²) in [5.74, 6) is 6.18. The number of carbonyl (C=O) groups is 1. The minimum Gasteiger partial charge on any atom is -0.474 e. The van der Waals surface area contributed by atoms with Crippen LogP contribution in [0.5, 0.6) is 5.88 Å². The van der Waals surface area contributed by atoms with Crippen molar-refractivity contribution in [2.75, 3.05) is 18.1 Å². The number of urea groups is 1. The van der Waals surface area contributed by atoms with Gasteiger partial charge in [-0.3, -0.25) is 9.58 Å². The zero-order chi connectivity index (χ0) is 22.0. The molecule has 3 heterocycles. The Morgan fingerprint density at radius 3 is 2.87 bits per heavy atom. The quantitative estimate of drug-likeness (QED) is 0.647. The highest BCUT2D eigenvalue weighted by Gasteiger charge is 2.27. The van der Waals surface area contributed by atoms with E-state index in [4.69, 9.17) is 4.74 Å². The van der Waals surface area contributed by atoms with Crippen molar-refractivity contribution in [1.82, 2.24) is 20.1 Å². The molecule has 2 amide bonds. The van der Waals surface area contributed by atoms with E-state index >= 15 is 0 Å². The molecule has 0 saturated carbocycles. The van der Waals surface area contributed by atoms with E-state index < -0.39 is 6.04 Å². The number of fused-ring (bicyclic) bond motifs is 1. The first-order valence-electron chi connectivity index (χ1n) is 9.90. The van der Waals surface area contributed by atoms with Crippen LogP contribution >= 0.6 is 0 Å². The van der Waals surface area contributed by atoms with Crippen LogP contribution in [0.4, 0.5) is 14.9 Å². The molecule has 1 aromatic carbocycles. The Bertz CT molecular complexity index is 1190. The second-order valence-electron chi connectivity index (χ2n) is 7.29. The SMILES string of the molecule is Cc1nc2c(cc1C#Cc1cnn(C)c1)N(C(=O)N[C@@H](C)c1ccccc1F)CCO2. The zero-order valence-corrected chi connectivity index (χ0v) is 17.5. The lowest BCUT2D eigenvalue weighted by atomic mass is 10.1. The average molecular weight is 419 g/mol. The molecule has 1 aliphatic rings. The topological polar surface area (TPSA) is 72.3 Å². The number of rotatable bonds is 2. The van der Waals surface area contributed by atoms with Crippen molar-refractivity contribution in [2.45, 2.75) is 19.9 Å². The average Bonchev–Trinajstić information content (AvgIpc) is 3.17. The van der Waals surface area contributed by atoms with Crippen LogP contribution in [0.3, 0.4) is 0 Å². The maximum absolute atomic E-state index is 14.1. The summed E-state index contributed by atoms with van der Waals surface area (Å²) in [5, 5.41) is 6.97. The number of pyridine rings is 1. The number of nitrogens with zero attached hydrogens (tertiary/aromatic N) is 4. The molecule has 2 aromatic heterocycles. The van der Waals surface area contributed by atoms with Gasteiger partial charge in [-0.2, -0.15) is 5.10 Å². The third kappa shape index (κ3) is 4.36. The van der Waals surface area contributed by atoms with E-state index in [1.165, 1.54) is 6.07 Å². The van der Waals surface area contributed by atoms with E-state index in [9.17, 15) is 9.18 Å². The molecular formula is C23H22FN5O2. The van der Waals surface area contributed by atoms with Crippen molar-refractivity contribution < 1.29 is 13.9 Å². The fourth-order valence-electron chi connectivity index (χ4n) is 3.36. The molecule has 0 unspecified atom stereocenters. The molecule has 0 spiro atoms. The monoisotopic (exact) mass is 419 g/mol. The van der Waals surface area contributed by atoms with Gasteiger partial charge in [0.2, 0.25) is 5.88 Å². The minimum atomic E-state index is -0.497. The van der Waals surface area contributed by atoms with Gasteiger partial charge in [0.1, 0.15) is 18.1 Å². The third-order valence-electron chi connectivity index (χ3n) is 5.01. The third-order valence-corrected chi connectivity index (χ3v) is 5.01. The first-order valence-corrected chi connectivity index (χ1v) is 9.90. The van der Waals surface area contributed by atoms with Crippen LogP contribution in [0.15, 0.2) is 42.7 Å². The molecule has 1 N–H and O–H groups in total. The lowest BCUT2D eigenvalue weighted by Gasteiger charge is -2.30. The molecule has 0 aliphatic carbocycles. The summed E-state index contributed by atoms with van der Waals surface area (Å²) in [5.41, 5.74) is 3.13. The molecule has 3 aromatic rings. The lowest BCUT2D eigenvalue weighted by Crippen LogP contribution is -2.45.